The highest BCUT2D eigenvalue weighted by molar-refractivity contribution is 7.99. The lowest BCUT2D eigenvalue weighted by Gasteiger charge is -2.09. The molecule has 4 nitrogen and oxygen atoms in total. The number of hydrogen-bond acceptors (Lipinski definition) is 4. The Bertz CT molecular complexity index is 986. The van der Waals surface area contributed by atoms with Gasteiger partial charge in [0.2, 0.25) is 0 Å². The average Bonchev–Trinajstić information content (AvgIpc) is 2.78. The van der Waals surface area contributed by atoms with Crippen LogP contribution in [0.3, 0.4) is 0 Å². The minimum atomic E-state index is -0.341. The molecule has 26 heavy (non-hydrogen) atoms. The third kappa shape index (κ3) is 3.48. The zero-order chi connectivity index (χ0) is 17.9. The molecule has 5 heteroatoms. The number of rotatable bonds is 3. The molecule has 0 aromatic heterocycles. The second-order valence-corrected chi connectivity index (χ2v) is 6.93. The Kier molecular flexibility index (Phi) is 4.46. The zero-order valence-electron chi connectivity index (χ0n) is 13.8. The number of hydrogen-bond donors (Lipinski definition) is 1. The van der Waals surface area contributed by atoms with Crippen LogP contribution in [0.2, 0.25) is 0 Å². The van der Waals surface area contributed by atoms with E-state index in [1.807, 2.05) is 60.7 Å². The summed E-state index contributed by atoms with van der Waals surface area (Å²) in [7, 11) is 0. The van der Waals surface area contributed by atoms with Gasteiger partial charge in [0.15, 0.2) is 0 Å². The van der Waals surface area contributed by atoms with Gasteiger partial charge in [-0.1, -0.05) is 48.2 Å². The molecule has 0 aliphatic carbocycles. The van der Waals surface area contributed by atoms with Crippen molar-refractivity contribution < 1.29 is 14.3 Å². The number of anilines is 1. The molecule has 0 spiro atoms. The van der Waals surface area contributed by atoms with Crippen LogP contribution >= 0.6 is 11.8 Å². The number of ether oxygens (including phenoxy) is 1. The molecule has 1 aliphatic heterocycles. The Hall–Kier alpha value is -3.05. The molecule has 3 aromatic carbocycles. The Labute approximate surface area is 155 Å². The number of nitrogens with one attached hydrogen (secondary N) is 1. The Morgan fingerprint density at radius 2 is 1.69 bits per heavy atom. The quantitative estimate of drug-likeness (QED) is 0.549. The molecule has 128 valence electrons. The summed E-state index contributed by atoms with van der Waals surface area (Å²) in [5.74, 6) is 0.0365. The lowest BCUT2D eigenvalue weighted by Crippen LogP contribution is -2.13. The summed E-state index contributed by atoms with van der Waals surface area (Å²) in [6.07, 6.45) is 0.135. The molecule has 0 saturated heterocycles. The number of benzene rings is 3. The van der Waals surface area contributed by atoms with Crippen molar-refractivity contribution in [2.75, 3.05) is 5.32 Å². The molecule has 0 atom stereocenters. The van der Waals surface area contributed by atoms with Gasteiger partial charge in [0, 0.05) is 9.79 Å². The summed E-state index contributed by atoms with van der Waals surface area (Å²) in [5.41, 5.74) is 2.15. The van der Waals surface area contributed by atoms with Crippen molar-refractivity contribution in [3.63, 3.8) is 0 Å². The molecule has 1 N–H and O–H groups in total. The van der Waals surface area contributed by atoms with Gasteiger partial charge in [-0.05, 0) is 42.0 Å². The van der Waals surface area contributed by atoms with Crippen molar-refractivity contribution in [1.29, 1.82) is 0 Å². The number of amides is 1. The number of carbonyl (C=O) groups excluding carboxylic acids is 2. The van der Waals surface area contributed by atoms with E-state index in [4.69, 9.17) is 4.74 Å². The maximum atomic E-state index is 12.4. The van der Waals surface area contributed by atoms with Crippen molar-refractivity contribution >= 4 is 29.3 Å². The Morgan fingerprint density at radius 3 is 2.54 bits per heavy atom. The fourth-order valence-corrected chi connectivity index (χ4v) is 3.76. The normalized spacial score (nSPS) is 12.4. The van der Waals surface area contributed by atoms with E-state index in [9.17, 15) is 9.59 Å². The van der Waals surface area contributed by atoms with Crippen molar-refractivity contribution in [1.82, 2.24) is 0 Å². The van der Waals surface area contributed by atoms with Crippen molar-refractivity contribution in [3.8, 4) is 5.75 Å². The lowest BCUT2D eigenvalue weighted by atomic mass is 10.1. The van der Waals surface area contributed by atoms with E-state index >= 15 is 0 Å². The van der Waals surface area contributed by atoms with Gasteiger partial charge in [-0.2, -0.15) is 0 Å². The highest BCUT2D eigenvalue weighted by atomic mass is 32.2. The average molecular weight is 361 g/mol. The van der Waals surface area contributed by atoms with Gasteiger partial charge >= 0.3 is 5.97 Å². The van der Waals surface area contributed by atoms with Gasteiger partial charge in [-0.3, -0.25) is 9.59 Å². The van der Waals surface area contributed by atoms with Gasteiger partial charge in [0.25, 0.3) is 5.91 Å². The number of fused-ring (bicyclic) bond motifs is 2. The summed E-state index contributed by atoms with van der Waals surface area (Å²) in [6.45, 7) is 0. The molecule has 0 bridgehead atoms. The van der Waals surface area contributed by atoms with Crippen LogP contribution in [0.5, 0.6) is 5.75 Å². The third-order valence-electron chi connectivity index (χ3n) is 3.97. The molecule has 3 aromatic rings. The second-order valence-electron chi connectivity index (χ2n) is 5.85. The van der Waals surface area contributed by atoms with Crippen LogP contribution in [-0.4, -0.2) is 11.9 Å². The van der Waals surface area contributed by atoms with Crippen molar-refractivity contribution in [2.45, 2.75) is 16.2 Å². The summed E-state index contributed by atoms with van der Waals surface area (Å²) < 4.78 is 5.33. The standard InChI is InChI=1S/C21H15NO3S/c23-20(25-15-6-2-1-3-7-15)13-14-10-11-19-17(12-14)22-21(24)16-8-4-5-9-18(16)26-19/h1-12H,13H2,(H,22,24). The van der Waals surface area contributed by atoms with Crippen LogP contribution in [0.15, 0.2) is 82.6 Å². The van der Waals surface area contributed by atoms with E-state index in [2.05, 4.69) is 5.32 Å². The van der Waals surface area contributed by atoms with Crippen LogP contribution in [0.25, 0.3) is 0 Å². The molecule has 0 fully saturated rings. The maximum absolute atomic E-state index is 12.4. The van der Waals surface area contributed by atoms with Crippen LogP contribution in [0.4, 0.5) is 5.69 Å². The smallest absolute Gasteiger partial charge is 0.315 e. The molecule has 0 unspecified atom stereocenters. The van der Waals surface area contributed by atoms with E-state index in [1.54, 1.807) is 12.1 Å². The first kappa shape index (κ1) is 16.4. The number of carbonyl (C=O) groups is 2. The van der Waals surface area contributed by atoms with Gasteiger partial charge in [-0.25, -0.2) is 0 Å². The van der Waals surface area contributed by atoms with Gasteiger partial charge < -0.3 is 10.1 Å². The first-order valence-corrected chi connectivity index (χ1v) is 8.97. The fraction of sp³-hybridized carbons (Fsp3) is 0.0476. The molecular weight excluding hydrogens is 346 g/mol. The van der Waals surface area contributed by atoms with E-state index in [0.29, 0.717) is 17.0 Å². The van der Waals surface area contributed by atoms with Gasteiger partial charge in [-0.15, -0.1) is 0 Å². The minimum Gasteiger partial charge on any atom is -0.426 e. The number of para-hydroxylation sites is 1. The van der Waals surface area contributed by atoms with E-state index in [1.165, 1.54) is 11.8 Å². The predicted octanol–water partition coefficient (Wildman–Crippen LogP) is 4.55. The lowest BCUT2D eigenvalue weighted by molar-refractivity contribution is -0.133. The van der Waals surface area contributed by atoms with Crippen LogP contribution in [0.1, 0.15) is 15.9 Å². The molecule has 4 rings (SSSR count). The van der Waals surface area contributed by atoms with Crippen molar-refractivity contribution in [3.05, 3.63) is 83.9 Å². The van der Waals surface area contributed by atoms with E-state index < -0.39 is 0 Å². The maximum Gasteiger partial charge on any atom is 0.315 e. The molecule has 1 amide bonds. The highest BCUT2D eigenvalue weighted by Gasteiger charge is 2.20. The first-order valence-electron chi connectivity index (χ1n) is 8.16. The summed E-state index contributed by atoms with van der Waals surface area (Å²) >= 11 is 1.54. The Morgan fingerprint density at radius 1 is 0.923 bits per heavy atom. The van der Waals surface area contributed by atoms with Crippen molar-refractivity contribution in [2.24, 2.45) is 0 Å². The molecule has 1 aliphatic rings. The molecule has 0 radical (unpaired) electrons. The zero-order valence-corrected chi connectivity index (χ0v) is 14.6. The first-order chi connectivity index (χ1) is 12.7. The van der Waals surface area contributed by atoms with Crippen LogP contribution in [0, 0.1) is 0 Å². The van der Waals surface area contributed by atoms with E-state index in [-0.39, 0.29) is 18.3 Å². The molecule has 0 saturated carbocycles. The van der Waals surface area contributed by atoms with Gasteiger partial charge in [0.05, 0.1) is 17.7 Å². The van der Waals surface area contributed by atoms with Gasteiger partial charge in [0.1, 0.15) is 5.75 Å². The summed E-state index contributed by atoms with van der Waals surface area (Å²) in [4.78, 5) is 26.4. The van der Waals surface area contributed by atoms with Crippen LogP contribution in [-0.2, 0) is 11.2 Å². The molecule has 1 heterocycles. The second kappa shape index (κ2) is 7.06. The Balaban J connectivity index is 1.54. The largest absolute Gasteiger partial charge is 0.426 e. The fourth-order valence-electron chi connectivity index (χ4n) is 2.75. The monoisotopic (exact) mass is 361 g/mol. The summed E-state index contributed by atoms with van der Waals surface area (Å²) in [5, 5.41) is 2.93. The number of esters is 1. The van der Waals surface area contributed by atoms with Crippen LogP contribution < -0.4 is 10.1 Å². The topological polar surface area (TPSA) is 55.4 Å². The highest BCUT2D eigenvalue weighted by Crippen LogP contribution is 2.39. The van der Waals surface area contributed by atoms with E-state index in [0.717, 1.165) is 15.4 Å². The predicted molar refractivity (Wildman–Crippen MR) is 101 cm³/mol. The SMILES string of the molecule is O=C(Cc1ccc2c(c1)NC(=O)c1ccccc1S2)Oc1ccccc1. The molecular formula is C21H15NO3S. The minimum absolute atomic E-state index is 0.135. The third-order valence-corrected chi connectivity index (χ3v) is 5.12. The summed E-state index contributed by atoms with van der Waals surface area (Å²) in [6, 6.07) is 22.1.